The molecule has 1 amide bonds. The summed E-state index contributed by atoms with van der Waals surface area (Å²) in [6, 6.07) is 25.1. The van der Waals surface area contributed by atoms with E-state index in [0.29, 0.717) is 48.3 Å². The molecule has 0 aliphatic heterocycles. The summed E-state index contributed by atoms with van der Waals surface area (Å²) in [6.07, 6.45) is 2.95. The number of para-hydroxylation sites is 1. The van der Waals surface area contributed by atoms with Gasteiger partial charge in [-0.1, -0.05) is 43.3 Å². The van der Waals surface area contributed by atoms with Gasteiger partial charge in [-0.3, -0.25) is 4.79 Å². The molecule has 0 spiro atoms. The molecule has 0 atom stereocenters. The van der Waals surface area contributed by atoms with Crippen LogP contribution in [0.4, 0.5) is 4.39 Å². The largest absolute Gasteiger partial charge is 0.439 e. The number of carbonyl (C=O) groups excluding carboxylic acids is 1. The highest BCUT2D eigenvalue weighted by Crippen LogP contribution is 2.35. The Morgan fingerprint density at radius 3 is 2.29 bits per heavy atom. The van der Waals surface area contributed by atoms with Gasteiger partial charge in [-0.15, -0.1) is 0 Å². The molecule has 0 saturated heterocycles. The number of aromatic nitrogens is 2. The summed E-state index contributed by atoms with van der Waals surface area (Å²) >= 11 is 0. The smallest absolute Gasteiger partial charge is 0.254 e. The van der Waals surface area contributed by atoms with Crippen molar-refractivity contribution in [3.05, 3.63) is 108 Å². The van der Waals surface area contributed by atoms with Gasteiger partial charge in [0.25, 0.3) is 5.91 Å². The van der Waals surface area contributed by atoms with E-state index in [1.165, 1.54) is 12.1 Å². The lowest BCUT2D eigenvalue weighted by Crippen LogP contribution is -2.32. The number of rotatable bonds is 9. The number of aryl methyl sites for hydroxylation is 1. The predicted octanol–water partition coefficient (Wildman–Crippen LogP) is 6.42. The van der Waals surface area contributed by atoms with Gasteiger partial charge >= 0.3 is 0 Å². The van der Waals surface area contributed by atoms with Crippen LogP contribution in [0.15, 0.2) is 84.9 Å². The van der Waals surface area contributed by atoms with Crippen molar-refractivity contribution in [3.8, 4) is 17.3 Å². The second-order valence-corrected chi connectivity index (χ2v) is 8.88. The van der Waals surface area contributed by atoms with E-state index in [9.17, 15) is 9.18 Å². The van der Waals surface area contributed by atoms with Gasteiger partial charge in [-0.25, -0.2) is 9.07 Å². The number of hydrogen-bond donors (Lipinski definition) is 0. The monoisotopic (exact) mass is 469 g/mol. The highest BCUT2D eigenvalue weighted by atomic mass is 19.1. The lowest BCUT2D eigenvalue weighted by atomic mass is 10.1. The van der Waals surface area contributed by atoms with Crippen molar-refractivity contribution in [3.63, 3.8) is 0 Å². The molecular formula is C29H28FN3O2. The molecule has 1 aromatic heterocycles. The maximum absolute atomic E-state index is 13.6. The third-order valence-corrected chi connectivity index (χ3v) is 6.22. The molecule has 5 rings (SSSR count). The zero-order valence-corrected chi connectivity index (χ0v) is 19.7. The zero-order valence-electron chi connectivity index (χ0n) is 19.7. The molecule has 1 aliphatic rings. The van der Waals surface area contributed by atoms with Gasteiger partial charge < -0.3 is 9.64 Å². The number of nitrogens with zero attached hydrogens (tertiary/aromatic N) is 3. The first-order valence-corrected chi connectivity index (χ1v) is 12.1. The Bertz CT molecular complexity index is 1280. The summed E-state index contributed by atoms with van der Waals surface area (Å²) in [5, 5.41) is 4.84. The van der Waals surface area contributed by atoms with Crippen molar-refractivity contribution in [1.82, 2.24) is 14.7 Å². The predicted molar refractivity (Wildman–Crippen MR) is 133 cm³/mol. The highest BCUT2D eigenvalue weighted by molar-refractivity contribution is 5.94. The maximum Gasteiger partial charge on any atom is 0.254 e. The molecule has 6 heteroatoms. The van der Waals surface area contributed by atoms with Gasteiger partial charge in [-0.05, 0) is 73.7 Å². The molecule has 0 unspecified atom stereocenters. The lowest BCUT2D eigenvalue weighted by Gasteiger charge is -2.23. The first-order chi connectivity index (χ1) is 17.1. The van der Waals surface area contributed by atoms with Gasteiger partial charge in [0.05, 0.1) is 23.5 Å². The summed E-state index contributed by atoms with van der Waals surface area (Å²) in [4.78, 5) is 15.4. The van der Waals surface area contributed by atoms with E-state index in [2.05, 4.69) is 0 Å². The summed E-state index contributed by atoms with van der Waals surface area (Å²) in [6.45, 7) is 3.12. The Balaban J connectivity index is 1.57. The summed E-state index contributed by atoms with van der Waals surface area (Å²) in [7, 11) is 0. The molecule has 1 heterocycles. The molecule has 0 bridgehead atoms. The van der Waals surface area contributed by atoms with Crippen LogP contribution in [0.25, 0.3) is 5.69 Å². The zero-order chi connectivity index (χ0) is 24.2. The Morgan fingerprint density at radius 2 is 1.66 bits per heavy atom. The Morgan fingerprint density at radius 1 is 1.00 bits per heavy atom. The SMILES string of the molecule is CCc1nn(-c2ccc(F)cc2)c(Oc2ccccc2)c1CN(CC1CC1)C(=O)c1ccccc1. The van der Waals surface area contributed by atoms with Gasteiger partial charge in [0.1, 0.15) is 11.6 Å². The fourth-order valence-corrected chi connectivity index (χ4v) is 4.17. The van der Waals surface area contributed by atoms with Crippen LogP contribution in [0, 0.1) is 11.7 Å². The van der Waals surface area contributed by atoms with E-state index >= 15 is 0 Å². The molecule has 5 nitrogen and oxygen atoms in total. The van der Waals surface area contributed by atoms with Crippen LogP contribution in [0.5, 0.6) is 11.6 Å². The Labute approximate surface area is 204 Å². The van der Waals surface area contributed by atoms with Gasteiger partial charge in [0, 0.05) is 12.1 Å². The van der Waals surface area contributed by atoms with Crippen LogP contribution in [-0.2, 0) is 13.0 Å². The van der Waals surface area contributed by atoms with Gasteiger partial charge in [-0.2, -0.15) is 5.10 Å². The van der Waals surface area contributed by atoms with Crippen LogP contribution in [-0.4, -0.2) is 27.1 Å². The first kappa shape index (κ1) is 22.8. The number of halogens is 1. The number of benzene rings is 3. The van der Waals surface area contributed by atoms with Crippen molar-refractivity contribution >= 4 is 5.91 Å². The molecule has 4 aromatic rings. The van der Waals surface area contributed by atoms with E-state index in [1.807, 2.05) is 72.5 Å². The molecule has 0 N–H and O–H groups in total. The number of amides is 1. The molecule has 35 heavy (non-hydrogen) atoms. The fraction of sp³-hybridized carbons (Fsp3) is 0.241. The number of carbonyl (C=O) groups is 1. The van der Waals surface area contributed by atoms with Crippen LogP contribution in [0.2, 0.25) is 0 Å². The van der Waals surface area contributed by atoms with Crippen molar-refractivity contribution < 1.29 is 13.9 Å². The molecule has 3 aromatic carbocycles. The number of hydrogen-bond acceptors (Lipinski definition) is 3. The van der Waals surface area contributed by atoms with Gasteiger partial charge in [0.15, 0.2) is 0 Å². The fourth-order valence-electron chi connectivity index (χ4n) is 4.17. The minimum absolute atomic E-state index is 0.000235. The number of ether oxygens (including phenoxy) is 1. The average Bonchev–Trinajstić information content (AvgIpc) is 3.66. The third-order valence-electron chi connectivity index (χ3n) is 6.22. The molecule has 0 radical (unpaired) electrons. The van der Waals surface area contributed by atoms with Crippen LogP contribution in [0.1, 0.15) is 41.4 Å². The lowest BCUT2D eigenvalue weighted by molar-refractivity contribution is 0.0733. The first-order valence-electron chi connectivity index (χ1n) is 12.1. The third kappa shape index (κ3) is 5.27. The van der Waals surface area contributed by atoms with Crippen LogP contribution >= 0.6 is 0 Å². The quantitative estimate of drug-likeness (QED) is 0.284. The summed E-state index contributed by atoms with van der Waals surface area (Å²) in [5.41, 5.74) is 3.08. The van der Waals surface area contributed by atoms with Crippen molar-refractivity contribution in [2.75, 3.05) is 6.54 Å². The molecule has 1 fully saturated rings. The highest BCUT2D eigenvalue weighted by Gasteiger charge is 2.30. The standard InChI is InChI=1S/C29H28FN3O2/c1-2-27-26(20-32(19-21-13-14-21)28(34)22-9-5-3-6-10-22)29(35-25-11-7-4-8-12-25)33(31-27)24-17-15-23(30)16-18-24/h3-12,15-18,21H,2,13-14,19-20H2,1H3. The van der Waals surface area contributed by atoms with E-state index in [1.54, 1.807) is 16.8 Å². The van der Waals surface area contributed by atoms with Crippen molar-refractivity contribution in [2.45, 2.75) is 32.7 Å². The van der Waals surface area contributed by atoms with Crippen molar-refractivity contribution in [1.29, 1.82) is 0 Å². The van der Waals surface area contributed by atoms with Crippen LogP contribution < -0.4 is 4.74 Å². The van der Waals surface area contributed by atoms with Crippen LogP contribution in [0.3, 0.4) is 0 Å². The molecule has 178 valence electrons. The average molecular weight is 470 g/mol. The minimum Gasteiger partial charge on any atom is -0.439 e. The van der Waals surface area contributed by atoms with E-state index < -0.39 is 0 Å². The maximum atomic E-state index is 13.6. The normalized spacial score (nSPS) is 13.0. The van der Waals surface area contributed by atoms with Gasteiger partial charge in [0.2, 0.25) is 5.88 Å². The Kier molecular flexibility index (Phi) is 6.62. The molecular weight excluding hydrogens is 441 g/mol. The summed E-state index contributed by atoms with van der Waals surface area (Å²) in [5.74, 6) is 1.42. The van der Waals surface area contributed by atoms with Crippen molar-refractivity contribution in [2.24, 2.45) is 5.92 Å². The van der Waals surface area contributed by atoms with E-state index in [4.69, 9.17) is 9.84 Å². The molecule has 1 saturated carbocycles. The topological polar surface area (TPSA) is 47.4 Å². The second kappa shape index (κ2) is 10.1. The Hall–Kier alpha value is -3.93. The summed E-state index contributed by atoms with van der Waals surface area (Å²) < 4.78 is 21.7. The molecule has 1 aliphatic carbocycles. The minimum atomic E-state index is -0.313. The second-order valence-electron chi connectivity index (χ2n) is 8.88. The van der Waals surface area contributed by atoms with E-state index in [-0.39, 0.29) is 11.7 Å². The van der Waals surface area contributed by atoms with E-state index in [0.717, 1.165) is 24.1 Å².